The quantitative estimate of drug-likeness (QED) is 0.666. The molecule has 7 heteroatoms. The second-order valence-electron chi connectivity index (χ2n) is 2.00. The minimum atomic E-state index is -0.196. The molecule has 1 aromatic heterocycles. The standard InChI is InChI=1S/C5H6N4OS2/c1-2(10)7-5-3(4(6)11)8-9-12-5/h1H3,(H2,6,11)(H,7,10). The van der Waals surface area contributed by atoms with Crippen molar-refractivity contribution in [3.8, 4) is 0 Å². The summed E-state index contributed by atoms with van der Waals surface area (Å²) >= 11 is 5.73. The Labute approximate surface area is 78.1 Å². The maximum atomic E-state index is 10.6. The first kappa shape index (κ1) is 9.01. The topological polar surface area (TPSA) is 80.9 Å². The highest BCUT2D eigenvalue weighted by atomic mass is 32.1. The van der Waals surface area contributed by atoms with Crippen LogP contribution < -0.4 is 11.1 Å². The van der Waals surface area contributed by atoms with E-state index in [0.29, 0.717) is 10.7 Å². The SMILES string of the molecule is CC(=O)Nc1snnc1C(N)=S. The van der Waals surface area contributed by atoms with E-state index in [9.17, 15) is 4.79 Å². The molecule has 64 valence electrons. The first-order valence-electron chi connectivity index (χ1n) is 3.01. The van der Waals surface area contributed by atoms with Gasteiger partial charge in [0.05, 0.1) is 0 Å². The summed E-state index contributed by atoms with van der Waals surface area (Å²) in [5.74, 6) is -0.196. The van der Waals surface area contributed by atoms with Crippen LogP contribution in [0, 0.1) is 0 Å². The minimum absolute atomic E-state index is 0.132. The van der Waals surface area contributed by atoms with Crippen LogP contribution in [0.1, 0.15) is 12.6 Å². The lowest BCUT2D eigenvalue weighted by Crippen LogP contribution is -2.14. The number of amides is 1. The van der Waals surface area contributed by atoms with Crippen molar-refractivity contribution in [3.05, 3.63) is 5.69 Å². The number of nitrogens with two attached hydrogens (primary N) is 1. The summed E-state index contributed by atoms with van der Waals surface area (Å²) in [7, 11) is 0. The maximum absolute atomic E-state index is 10.6. The number of carbonyl (C=O) groups is 1. The predicted octanol–water partition coefficient (Wildman–Crippen LogP) is 0.131. The maximum Gasteiger partial charge on any atom is 0.221 e. The number of hydrogen-bond acceptors (Lipinski definition) is 5. The molecule has 1 amide bonds. The lowest BCUT2D eigenvalue weighted by molar-refractivity contribution is -0.114. The fourth-order valence-corrected chi connectivity index (χ4v) is 1.43. The first-order valence-corrected chi connectivity index (χ1v) is 4.19. The Morgan fingerprint density at radius 1 is 1.75 bits per heavy atom. The van der Waals surface area contributed by atoms with E-state index in [2.05, 4.69) is 27.1 Å². The molecule has 3 N–H and O–H groups in total. The number of aromatic nitrogens is 2. The van der Waals surface area contributed by atoms with Gasteiger partial charge in [0.25, 0.3) is 0 Å². The largest absolute Gasteiger partial charge is 0.388 e. The highest BCUT2D eigenvalue weighted by Gasteiger charge is 2.10. The molecule has 0 aliphatic heterocycles. The lowest BCUT2D eigenvalue weighted by Gasteiger charge is -1.97. The summed E-state index contributed by atoms with van der Waals surface area (Å²) in [4.78, 5) is 10.8. The van der Waals surface area contributed by atoms with Crippen molar-refractivity contribution < 1.29 is 4.79 Å². The minimum Gasteiger partial charge on any atom is -0.388 e. The van der Waals surface area contributed by atoms with E-state index in [-0.39, 0.29) is 10.9 Å². The van der Waals surface area contributed by atoms with Crippen molar-refractivity contribution >= 4 is 39.6 Å². The molecule has 12 heavy (non-hydrogen) atoms. The van der Waals surface area contributed by atoms with Gasteiger partial charge in [0.15, 0.2) is 5.69 Å². The van der Waals surface area contributed by atoms with Gasteiger partial charge < -0.3 is 11.1 Å². The van der Waals surface area contributed by atoms with Gasteiger partial charge in [0.2, 0.25) is 5.91 Å². The molecular weight excluding hydrogens is 196 g/mol. The third kappa shape index (κ3) is 1.95. The van der Waals surface area contributed by atoms with Gasteiger partial charge in [0, 0.05) is 18.5 Å². The van der Waals surface area contributed by atoms with E-state index >= 15 is 0 Å². The fraction of sp³-hybridized carbons (Fsp3) is 0.200. The Bertz CT molecular complexity index is 321. The van der Waals surface area contributed by atoms with Crippen molar-refractivity contribution in [2.45, 2.75) is 6.92 Å². The number of carbonyl (C=O) groups excluding carboxylic acids is 1. The Morgan fingerprint density at radius 2 is 2.42 bits per heavy atom. The Hall–Kier alpha value is -1.08. The third-order valence-electron chi connectivity index (χ3n) is 1.01. The van der Waals surface area contributed by atoms with Crippen LogP contribution in [0.2, 0.25) is 0 Å². The van der Waals surface area contributed by atoms with Gasteiger partial charge in [-0.25, -0.2) is 0 Å². The lowest BCUT2D eigenvalue weighted by atomic mass is 10.4. The van der Waals surface area contributed by atoms with E-state index in [1.54, 1.807) is 0 Å². The van der Waals surface area contributed by atoms with Gasteiger partial charge in [-0.1, -0.05) is 16.7 Å². The van der Waals surface area contributed by atoms with Gasteiger partial charge in [-0.15, -0.1) is 5.10 Å². The number of thiocarbonyl (C=S) groups is 1. The predicted molar refractivity (Wildman–Crippen MR) is 50.1 cm³/mol. The molecule has 0 saturated heterocycles. The van der Waals surface area contributed by atoms with Crippen LogP contribution in [-0.4, -0.2) is 20.5 Å². The van der Waals surface area contributed by atoms with Crippen LogP contribution in [-0.2, 0) is 4.79 Å². The average molecular weight is 202 g/mol. The van der Waals surface area contributed by atoms with E-state index in [1.165, 1.54) is 6.92 Å². The molecule has 0 atom stereocenters. The molecule has 1 heterocycles. The smallest absolute Gasteiger partial charge is 0.221 e. The Morgan fingerprint density at radius 3 is 2.92 bits per heavy atom. The van der Waals surface area contributed by atoms with Crippen LogP contribution in [0.5, 0.6) is 0 Å². The van der Waals surface area contributed by atoms with Crippen LogP contribution in [0.3, 0.4) is 0 Å². The summed E-state index contributed by atoms with van der Waals surface area (Å²) in [5, 5.41) is 6.67. The number of nitrogens with zero attached hydrogens (tertiary/aromatic N) is 2. The number of nitrogens with one attached hydrogen (secondary N) is 1. The number of rotatable bonds is 2. The average Bonchev–Trinajstić information content (AvgIpc) is 2.33. The molecule has 0 saturated carbocycles. The zero-order chi connectivity index (χ0) is 9.14. The van der Waals surface area contributed by atoms with Gasteiger partial charge in [-0.2, -0.15) is 0 Å². The van der Waals surface area contributed by atoms with E-state index in [1.807, 2.05) is 0 Å². The summed E-state index contributed by atoms with van der Waals surface area (Å²) in [5.41, 5.74) is 5.68. The highest BCUT2D eigenvalue weighted by molar-refractivity contribution is 7.80. The van der Waals surface area contributed by atoms with Crippen LogP contribution in [0.15, 0.2) is 0 Å². The molecule has 0 radical (unpaired) electrons. The highest BCUT2D eigenvalue weighted by Crippen LogP contribution is 2.16. The van der Waals surface area contributed by atoms with Crippen molar-refractivity contribution in [1.82, 2.24) is 9.59 Å². The second-order valence-corrected chi connectivity index (χ2v) is 3.19. The second kappa shape index (κ2) is 3.55. The normalized spacial score (nSPS) is 9.42. The van der Waals surface area contributed by atoms with Crippen LogP contribution >= 0.6 is 23.8 Å². The van der Waals surface area contributed by atoms with E-state index < -0.39 is 0 Å². The summed E-state index contributed by atoms with van der Waals surface area (Å²) < 4.78 is 3.61. The zero-order valence-electron chi connectivity index (χ0n) is 6.20. The molecule has 5 nitrogen and oxygen atoms in total. The molecule has 0 fully saturated rings. The van der Waals surface area contributed by atoms with Gasteiger partial charge in [-0.3, -0.25) is 4.79 Å². The summed E-state index contributed by atoms with van der Waals surface area (Å²) in [6, 6.07) is 0. The molecular formula is C5H6N4OS2. The van der Waals surface area contributed by atoms with Crippen molar-refractivity contribution in [2.75, 3.05) is 5.32 Å². The molecule has 0 aromatic carbocycles. The molecule has 1 aromatic rings. The first-order chi connectivity index (χ1) is 5.61. The fourth-order valence-electron chi connectivity index (χ4n) is 0.594. The number of anilines is 1. The van der Waals surface area contributed by atoms with Crippen LogP contribution in [0.25, 0.3) is 0 Å². The van der Waals surface area contributed by atoms with Gasteiger partial charge in [-0.05, 0) is 0 Å². The van der Waals surface area contributed by atoms with Crippen molar-refractivity contribution in [1.29, 1.82) is 0 Å². The van der Waals surface area contributed by atoms with Crippen LogP contribution in [0.4, 0.5) is 5.00 Å². The van der Waals surface area contributed by atoms with Gasteiger partial charge in [0.1, 0.15) is 9.99 Å². The summed E-state index contributed by atoms with van der Waals surface area (Å²) in [6.07, 6.45) is 0. The van der Waals surface area contributed by atoms with E-state index in [0.717, 1.165) is 11.5 Å². The Kier molecular flexibility index (Phi) is 2.66. The molecule has 0 aliphatic carbocycles. The zero-order valence-corrected chi connectivity index (χ0v) is 7.83. The third-order valence-corrected chi connectivity index (χ3v) is 1.85. The van der Waals surface area contributed by atoms with Crippen molar-refractivity contribution in [2.24, 2.45) is 5.73 Å². The molecule has 0 spiro atoms. The van der Waals surface area contributed by atoms with Crippen molar-refractivity contribution in [3.63, 3.8) is 0 Å². The molecule has 0 bridgehead atoms. The molecule has 0 aliphatic rings. The number of hydrogen-bond donors (Lipinski definition) is 2. The Balaban J connectivity index is 2.91. The summed E-state index contributed by atoms with van der Waals surface area (Å²) in [6.45, 7) is 1.39. The molecule has 0 unspecified atom stereocenters. The monoisotopic (exact) mass is 202 g/mol. The van der Waals surface area contributed by atoms with Gasteiger partial charge >= 0.3 is 0 Å². The molecule has 1 rings (SSSR count). The van der Waals surface area contributed by atoms with E-state index in [4.69, 9.17) is 5.73 Å².